The van der Waals surface area contributed by atoms with Gasteiger partial charge in [-0.25, -0.2) is 4.98 Å². The zero-order valence-corrected chi connectivity index (χ0v) is 16.3. The van der Waals surface area contributed by atoms with Crippen molar-refractivity contribution in [3.63, 3.8) is 0 Å². The van der Waals surface area contributed by atoms with Gasteiger partial charge in [0.15, 0.2) is 5.16 Å². The number of halogens is 1. The molecule has 0 saturated carbocycles. The Morgan fingerprint density at radius 2 is 1.96 bits per heavy atom. The Balaban J connectivity index is 2.31. The summed E-state index contributed by atoms with van der Waals surface area (Å²) in [4.78, 5) is 20.1. The molecule has 0 saturated heterocycles. The summed E-state index contributed by atoms with van der Waals surface area (Å²) in [6, 6.07) is 7.34. The van der Waals surface area contributed by atoms with E-state index in [9.17, 15) is 4.79 Å². The SMILES string of the molecule is CCCc1sc2nc(SCC)n(-c3ccc(Cl)cc3)c(=O)c2c1C. The lowest BCUT2D eigenvalue weighted by Crippen LogP contribution is -2.21. The molecule has 1 aromatic carbocycles. The van der Waals surface area contributed by atoms with Crippen LogP contribution in [0.3, 0.4) is 0 Å². The van der Waals surface area contributed by atoms with Gasteiger partial charge >= 0.3 is 0 Å². The van der Waals surface area contributed by atoms with Crippen LogP contribution in [0.25, 0.3) is 15.9 Å². The number of fused-ring (bicyclic) bond motifs is 1. The first-order valence-corrected chi connectivity index (χ1v) is 10.2. The zero-order valence-electron chi connectivity index (χ0n) is 13.9. The number of rotatable bonds is 5. The fourth-order valence-corrected chi connectivity index (χ4v) is 4.90. The molecule has 0 N–H and O–H groups in total. The van der Waals surface area contributed by atoms with Crippen LogP contribution in [-0.4, -0.2) is 15.3 Å². The molecule has 6 heteroatoms. The lowest BCUT2D eigenvalue weighted by atomic mass is 10.1. The van der Waals surface area contributed by atoms with E-state index in [2.05, 4.69) is 13.8 Å². The Labute approximate surface area is 154 Å². The van der Waals surface area contributed by atoms with Crippen LogP contribution in [0.2, 0.25) is 5.02 Å². The maximum absolute atomic E-state index is 13.2. The molecule has 0 bridgehead atoms. The molecule has 0 atom stereocenters. The predicted molar refractivity (Wildman–Crippen MR) is 105 cm³/mol. The van der Waals surface area contributed by atoms with Crippen LogP contribution >= 0.6 is 34.7 Å². The maximum atomic E-state index is 13.2. The topological polar surface area (TPSA) is 34.9 Å². The highest BCUT2D eigenvalue weighted by molar-refractivity contribution is 7.99. The van der Waals surface area contributed by atoms with E-state index >= 15 is 0 Å². The molecule has 0 unspecified atom stereocenters. The quantitative estimate of drug-likeness (QED) is 0.436. The largest absolute Gasteiger partial charge is 0.268 e. The minimum Gasteiger partial charge on any atom is -0.268 e. The Bertz CT molecular complexity index is 929. The second kappa shape index (κ2) is 7.30. The van der Waals surface area contributed by atoms with E-state index in [1.54, 1.807) is 39.8 Å². The predicted octanol–water partition coefficient (Wildman–Crippen LogP) is 5.47. The van der Waals surface area contributed by atoms with Gasteiger partial charge in [-0.05, 0) is 48.9 Å². The van der Waals surface area contributed by atoms with Crippen molar-refractivity contribution in [2.75, 3.05) is 5.75 Å². The summed E-state index contributed by atoms with van der Waals surface area (Å²) in [6.45, 7) is 6.25. The number of thiophene rings is 1. The van der Waals surface area contributed by atoms with Gasteiger partial charge in [-0.1, -0.05) is 43.6 Å². The molecular weight excluding hydrogens is 360 g/mol. The van der Waals surface area contributed by atoms with Crippen LogP contribution in [0.5, 0.6) is 0 Å². The Kier molecular flexibility index (Phi) is 5.33. The van der Waals surface area contributed by atoms with Crippen molar-refractivity contribution in [2.24, 2.45) is 0 Å². The molecule has 2 aromatic heterocycles. The van der Waals surface area contributed by atoms with E-state index in [1.807, 2.05) is 19.1 Å². The fraction of sp³-hybridized carbons (Fsp3) is 0.333. The zero-order chi connectivity index (χ0) is 17.3. The van der Waals surface area contributed by atoms with Gasteiger partial charge in [0, 0.05) is 9.90 Å². The first-order valence-electron chi connectivity index (χ1n) is 8.00. The lowest BCUT2D eigenvalue weighted by Gasteiger charge is -2.11. The molecule has 0 amide bonds. The van der Waals surface area contributed by atoms with Gasteiger partial charge in [-0.15, -0.1) is 11.3 Å². The first kappa shape index (κ1) is 17.5. The number of benzene rings is 1. The number of hydrogen-bond donors (Lipinski definition) is 0. The lowest BCUT2D eigenvalue weighted by molar-refractivity contribution is 0.822. The van der Waals surface area contributed by atoms with Crippen molar-refractivity contribution in [1.29, 1.82) is 0 Å². The normalized spacial score (nSPS) is 11.3. The van der Waals surface area contributed by atoms with Gasteiger partial charge in [0.05, 0.1) is 11.1 Å². The van der Waals surface area contributed by atoms with Crippen molar-refractivity contribution in [1.82, 2.24) is 9.55 Å². The molecule has 0 radical (unpaired) electrons. The van der Waals surface area contributed by atoms with Crippen LogP contribution in [0, 0.1) is 6.92 Å². The molecule has 0 aliphatic carbocycles. The summed E-state index contributed by atoms with van der Waals surface area (Å²) in [5.41, 5.74) is 1.89. The summed E-state index contributed by atoms with van der Waals surface area (Å²) >= 11 is 9.23. The molecule has 126 valence electrons. The highest BCUT2D eigenvalue weighted by Crippen LogP contribution is 2.31. The molecule has 0 fully saturated rings. The molecular formula is C18H19ClN2OS2. The summed E-state index contributed by atoms with van der Waals surface area (Å²) in [5, 5.41) is 2.14. The monoisotopic (exact) mass is 378 g/mol. The third kappa shape index (κ3) is 3.13. The van der Waals surface area contributed by atoms with Gasteiger partial charge in [0.25, 0.3) is 5.56 Å². The highest BCUT2D eigenvalue weighted by atomic mass is 35.5. The van der Waals surface area contributed by atoms with E-state index < -0.39 is 0 Å². The number of thioether (sulfide) groups is 1. The highest BCUT2D eigenvalue weighted by Gasteiger charge is 2.18. The van der Waals surface area contributed by atoms with Gasteiger partial charge in [0.1, 0.15) is 4.83 Å². The van der Waals surface area contributed by atoms with Gasteiger partial charge < -0.3 is 0 Å². The molecule has 0 aliphatic heterocycles. The molecule has 0 spiro atoms. The third-order valence-corrected chi connectivity index (χ3v) is 6.19. The van der Waals surface area contributed by atoms with Crippen molar-refractivity contribution in [2.45, 2.75) is 38.8 Å². The third-order valence-electron chi connectivity index (χ3n) is 3.87. The van der Waals surface area contributed by atoms with Gasteiger partial charge in [-0.2, -0.15) is 0 Å². The van der Waals surface area contributed by atoms with E-state index in [0.717, 1.165) is 45.2 Å². The first-order chi connectivity index (χ1) is 11.6. The second-order valence-corrected chi connectivity index (χ2v) is 8.28. The van der Waals surface area contributed by atoms with Crippen molar-refractivity contribution in [3.8, 4) is 5.69 Å². The average molecular weight is 379 g/mol. The van der Waals surface area contributed by atoms with Gasteiger partial charge in [0.2, 0.25) is 0 Å². The molecule has 3 nitrogen and oxygen atoms in total. The Morgan fingerprint density at radius 3 is 2.58 bits per heavy atom. The standard InChI is InChI=1S/C18H19ClN2OS2/c1-4-6-14-11(3)15-16(24-14)20-18(23-5-2)21(17(15)22)13-9-7-12(19)8-10-13/h7-10H,4-6H2,1-3H3. The van der Waals surface area contributed by atoms with Gasteiger partial charge in [-0.3, -0.25) is 9.36 Å². The fourth-order valence-electron chi connectivity index (χ4n) is 2.72. The van der Waals surface area contributed by atoms with E-state index in [-0.39, 0.29) is 5.56 Å². The van der Waals surface area contributed by atoms with E-state index in [4.69, 9.17) is 16.6 Å². The maximum Gasteiger partial charge on any atom is 0.267 e. The number of hydrogen-bond acceptors (Lipinski definition) is 4. The van der Waals surface area contributed by atoms with Crippen LogP contribution in [0.1, 0.15) is 30.7 Å². The summed E-state index contributed by atoms with van der Waals surface area (Å²) in [5.74, 6) is 0.859. The molecule has 3 aromatic rings. The second-order valence-electron chi connectivity index (χ2n) is 5.52. The Hall–Kier alpha value is -1.30. The summed E-state index contributed by atoms with van der Waals surface area (Å²) in [7, 11) is 0. The smallest absolute Gasteiger partial charge is 0.267 e. The number of aromatic nitrogens is 2. The Morgan fingerprint density at radius 1 is 1.25 bits per heavy atom. The molecule has 24 heavy (non-hydrogen) atoms. The van der Waals surface area contributed by atoms with Crippen LogP contribution in [0.4, 0.5) is 0 Å². The summed E-state index contributed by atoms with van der Waals surface area (Å²) in [6.07, 6.45) is 2.05. The summed E-state index contributed by atoms with van der Waals surface area (Å²) < 4.78 is 1.71. The van der Waals surface area contributed by atoms with Crippen molar-refractivity contribution >= 4 is 44.9 Å². The van der Waals surface area contributed by atoms with E-state index in [1.165, 1.54) is 4.88 Å². The molecule has 3 rings (SSSR count). The molecule has 2 heterocycles. The minimum absolute atomic E-state index is 0.00868. The minimum atomic E-state index is 0.00868. The van der Waals surface area contributed by atoms with E-state index in [0.29, 0.717) is 5.02 Å². The van der Waals surface area contributed by atoms with Crippen molar-refractivity contribution in [3.05, 3.63) is 50.1 Å². The van der Waals surface area contributed by atoms with Crippen LogP contribution in [-0.2, 0) is 6.42 Å². The number of aryl methyl sites for hydroxylation is 2. The van der Waals surface area contributed by atoms with Crippen LogP contribution < -0.4 is 5.56 Å². The van der Waals surface area contributed by atoms with Crippen LogP contribution in [0.15, 0.2) is 34.2 Å². The average Bonchev–Trinajstić information content (AvgIpc) is 2.86. The van der Waals surface area contributed by atoms with Crippen molar-refractivity contribution < 1.29 is 0 Å². The number of nitrogens with zero attached hydrogens (tertiary/aromatic N) is 2. The molecule has 0 aliphatic rings.